The van der Waals surface area contributed by atoms with E-state index in [1.807, 2.05) is 44.2 Å². The Balaban J connectivity index is 1.61. The predicted octanol–water partition coefficient (Wildman–Crippen LogP) is 6.67. The monoisotopic (exact) mass is 577 g/mol. The largest absolute Gasteiger partial charge is 0.480 e. The van der Waals surface area contributed by atoms with Crippen LogP contribution in [0.25, 0.3) is 0 Å². The number of benzene rings is 1. The second kappa shape index (κ2) is 14.5. The lowest BCUT2D eigenvalue weighted by Crippen LogP contribution is -2.52. The summed E-state index contributed by atoms with van der Waals surface area (Å²) < 4.78 is 5.27. The van der Waals surface area contributed by atoms with Crippen LogP contribution in [-0.4, -0.2) is 54.0 Å². The van der Waals surface area contributed by atoms with Gasteiger partial charge in [-0.1, -0.05) is 73.3 Å². The number of aryl methyl sites for hydroxylation is 1. The first-order valence-electron chi connectivity index (χ1n) is 14.0. The number of carboxylic acid groups (broad SMARTS) is 1. The van der Waals surface area contributed by atoms with Gasteiger partial charge in [0, 0.05) is 43.2 Å². The number of allylic oxidation sites excluding steroid dienone is 4. The number of hydrogen-bond donors (Lipinski definition) is 1. The first-order valence-corrected chi connectivity index (χ1v) is 14.8. The average molecular weight is 579 g/mol. The van der Waals surface area contributed by atoms with Crippen LogP contribution in [0.1, 0.15) is 76.3 Å². The van der Waals surface area contributed by atoms with Crippen molar-refractivity contribution in [1.29, 1.82) is 0 Å². The van der Waals surface area contributed by atoms with Crippen LogP contribution in [0.4, 0.5) is 0 Å². The summed E-state index contributed by atoms with van der Waals surface area (Å²) in [6.07, 6.45) is 8.60. The molecule has 0 saturated heterocycles. The molecule has 1 N–H and O–H groups in total. The van der Waals surface area contributed by atoms with Gasteiger partial charge in [-0.2, -0.15) is 0 Å². The highest BCUT2D eigenvalue weighted by molar-refractivity contribution is 6.40. The Kier molecular flexibility index (Phi) is 11.6. The first kappa shape index (κ1) is 31.4. The number of carbonyl (C=O) groups excluding carboxylic acids is 2. The molecule has 1 saturated carbocycles. The van der Waals surface area contributed by atoms with Gasteiger partial charge in [-0.25, -0.2) is 4.79 Å². The molecule has 1 aromatic carbocycles. The van der Waals surface area contributed by atoms with Gasteiger partial charge in [-0.3, -0.25) is 9.59 Å². The fourth-order valence-electron chi connectivity index (χ4n) is 5.90. The van der Waals surface area contributed by atoms with E-state index >= 15 is 0 Å². The third kappa shape index (κ3) is 7.96. The van der Waals surface area contributed by atoms with E-state index in [1.54, 1.807) is 12.0 Å². The van der Waals surface area contributed by atoms with Gasteiger partial charge in [0.15, 0.2) is 5.78 Å². The maximum Gasteiger partial charge on any atom is 0.326 e. The van der Waals surface area contributed by atoms with E-state index in [1.165, 1.54) is 0 Å². The normalized spacial score (nSPS) is 19.5. The van der Waals surface area contributed by atoms with Crippen molar-refractivity contribution in [3.8, 4) is 0 Å². The predicted molar refractivity (Wildman–Crippen MR) is 155 cm³/mol. The van der Waals surface area contributed by atoms with Crippen LogP contribution in [0.5, 0.6) is 0 Å². The molecule has 0 aromatic heterocycles. The quantitative estimate of drug-likeness (QED) is 0.267. The number of Topliss-reactive ketones (excluding diaryl/α,β-unsaturated/α-hetero) is 1. The van der Waals surface area contributed by atoms with Crippen molar-refractivity contribution < 1.29 is 24.2 Å². The number of ether oxygens (including phenoxy) is 1. The fraction of sp³-hybridized carbons (Fsp3) is 0.581. The molecule has 2 atom stereocenters. The highest BCUT2D eigenvalue weighted by Crippen LogP contribution is 2.43. The molecular formula is C31H41Cl2NO5. The van der Waals surface area contributed by atoms with Crippen molar-refractivity contribution in [1.82, 2.24) is 4.90 Å². The SMILES string of the molecule is CCN(C(=O)C1(CCOC)CCCC1)C(Cc1ccc(CCCC(=O)C2=C(Cl)CC(C)C=C2Cl)cc1)C(=O)O. The zero-order chi connectivity index (χ0) is 28.6. The Morgan fingerprint density at radius 1 is 1.13 bits per heavy atom. The lowest BCUT2D eigenvalue weighted by atomic mass is 9.80. The molecule has 0 bridgehead atoms. The summed E-state index contributed by atoms with van der Waals surface area (Å²) in [6, 6.07) is 6.84. The van der Waals surface area contributed by atoms with Crippen molar-refractivity contribution in [2.24, 2.45) is 11.3 Å². The van der Waals surface area contributed by atoms with E-state index in [0.717, 1.165) is 36.8 Å². The number of carbonyl (C=O) groups is 3. The summed E-state index contributed by atoms with van der Waals surface area (Å²) in [4.78, 5) is 40.3. The number of hydrogen-bond acceptors (Lipinski definition) is 4. The van der Waals surface area contributed by atoms with Crippen molar-refractivity contribution >= 4 is 40.9 Å². The van der Waals surface area contributed by atoms with Gasteiger partial charge in [-0.15, -0.1) is 0 Å². The molecule has 39 heavy (non-hydrogen) atoms. The van der Waals surface area contributed by atoms with Crippen molar-refractivity contribution in [3.63, 3.8) is 0 Å². The minimum Gasteiger partial charge on any atom is -0.480 e. The topological polar surface area (TPSA) is 83.9 Å². The molecule has 0 aliphatic heterocycles. The number of likely N-dealkylation sites (N-methyl/N-ethyl adjacent to an activating group) is 1. The third-order valence-electron chi connectivity index (χ3n) is 8.10. The molecule has 0 spiro atoms. The maximum atomic E-state index is 13.7. The Morgan fingerprint density at radius 3 is 2.33 bits per heavy atom. The van der Waals surface area contributed by atoms with Crippen LogP contribution in [0.3, 0.4) is 0 Å². The smallest absolute Gasteiger partial charge is 0.326 e. The highest BCUT2D eigenvalue weighted by atomic mass is 35.5. The van der Waals surface area contributed by atoms with E-state index in [4.69, 9.17) is 27.9 Å². The van der Waals surface area contributed by atoms with Crippen molar-refractivity contribution in [3.05, 3.63) is 57.1 Å². The minimum atomic E-state index is -0.995. The molecule has 8 heteroatoms. The molecule has 6 nitrogen and oxygen atoms in total. The van der Waals surface area contributed by atoms with Gasteiger partial charge in [0.2, 0.25) is 5.91 Å². The summed E-state index contributed by atoms with van der Waals surface area (Å²) in [7, 11) is 1.63. The minimum absolute atomic E-state index is 0.0380. The van der Waals surface area contributed by atoms with Crippen LogP contribution in [0, 0.1) is 11.3 Å². The number of nitrogens with zero attached hydrogens (tertiary/aromatic N) is 1. The molecular weight excluding hydrogens is 537 g/mol. The first-order chi connectivity index (χ1) is 18.6. The van der Waals surface area contributed by atoms with E-state index in [2.05, 4.69) is 0 Å². The zero-order valence-electron chi connectivity index (χ0n) is 23.3. The molecule has 1 aromatic rings. The Labute approximate surface area is 242 Å². The van der Waals surface area contributed by atoms with Gasteiger partial charge >= 0.3 is 5.97 Å². The molecule has 2 aliphatic rings. The summed E-state index contributed by atoms with van der Waals surface area (Å²) in [5.41, 5.74) is 1.83. The number of carboxylic acids is 1. The molecule has 214 valence electrons. The molecule has 0 heterocycles. The number of aliphatic carboxylic acids is 1. The van der Waals surface area contributed by atoms with E-state index in [-0.39, 0.29) is 24.0 Å². The standard InChI is InChI=1S/C31H41Cl2NO5/c1-4-34(30(38)31(16-17-39-3)14-5-6-15-31)26(29(36)37)20-23-12-10-22(11-13-23)8-7-9-27(35)28-24(32)18-21(2)19-25(28)33/h10-13,18,21,26H,4-9,14-17,19-20H2,1-3H3,(H,36,37). The van der Waals surface area contributed by atoms with E-state index in [0.29, 0.717) is 60.9 Å². The van der Waals surface area contributed by atoms with Gasteiger partial charge in [0.05, 0.1) is 11.0 Å². The Morgan fingerprint density at radius 2 is 1.77 bits per heavy atom. The maximum absolute atomic E-state index is 13.7. The van der Waals surface area contributed by atoms with Crippen LogP contribution < -0.4 is 0 Å². The Bertz CT molecular complexity index is 1090. The lowest BCUT2D eigenvalue weighted by molar-refractivity contribution is -0.155. The van der Waals surface area contributed by atoms with Crippen LogP contribution >= 0.6 is 23.2 Å². The molecule has 1 amide bonds. The second-order valence-electron chi connectivity index (χ2n) is 10.9. The van der Waals surface area contributed by atoms with Gasteiger partial charge in [0.25, 0.3) is 0 Å². The summed E-state index contributed by atoms with van der Waals surface area (Å²) in [5.74, 6) is -0.872. The zero-order valence-corrected chi connectivity index (χ0v) is 24.8. The second-order valence-corrected chi connectivity index (χ2v) is 11.8. The lowest BCUT2D eigenvalue weighted by Gasteiger charge is -2.37. The molecule has 2 aliphatic carbocycles. The van der Waals surface area contributed by atoms with Gasteiger partial charge in [0.1, 0.15) is 6.04 Å². The van der Waals surface area contributed by atoms with Crippen LogP contribution in [0.15, 0.2) is 46.0 Å². The van der Waals surface area contributed by atoms with Gasteiger partial charge in [-0.05, 0) is 62.5 Å². The molecule has 2 unspecified atom stereocenters. The highest BCUT2D eigenvalue weighted by Gasteiger charge is 2.45. The van der Waals surface area contributed by atoms with Crippen molar-refractivity contribution in [2.45, 2.75) is 84.1 Å². The van der Waals surface area contributed by atoms with Gasteiger partial charge < -0.3 is 14.7 Å². The summed E-state index contributed by atoms with van der Waals surface area (Å²) in [5, 5.41) is 11.1. The Hall–Kier alpha value is -2.15. The fourth-order valence-corrected chi connectivity index (χ4v) is 6.83. The molecule has 1 fully saturated rings. The molecule has 0 radical (unpaired) electrons. The summed E-state index contributed by atoms with van der Waals surface area (Å²) in [6.45, 7) is 4.69. The summed E-state index contributed by atoms with van der Waals surface area (Å²) >= 11 is 12.6. The molecule has 3 rings (SSSR count). The number of ketones is 1. The number of methoxy groups -OCH3 is 1. The third-order valence-corrected chi connectivity index (χ3v) is 8.76. The van der Waals surface area contributed by atoms with E-state index < -0.39 is 17.4 Å². The number of halogens is 2. The number of amides is 1. The van der Waals surface area contributed by atoms with Crippen LogP contribution in [-0.2, 0) is 32.0 Å². The van der Waals surface area contributed by atoms with Crippen LogP contribution in [0.2, 0.25) is 0 Å². The van der Waals surface area contributed by atoms with Crippen molar-refractivity contribution in [2.75, 3.05) is 20.3 Å². The van der Waals surface area contributed by atoms with E-state index in [9.17, 15) is 19.5 Å². The average Bonchev–Trinajstić information content (AvgIpc) is 3.37. The number of rotatable bonds is 14.